The van der Waals surface area contributed by atoms with Crippen LogP contribution in [-0.2, 0) is 0 Å². The topological polar surface area (TPSA) is 87.1 Å². The van der Waals surface area contributed by atoms with E-state index in [2.05, 4.69) is 17.2 Å². The summed E-state index contributed by atoms with van der Waals surface area (Å²) >= 11 is 0. The van der Waals surface area contributed by atoms with E-state index in [-0.39, 0.29) is 5.95 Å². The van der Waals surface area contributed by atoms with Gasteiger partial charge in [-0.2, -0.15) is 0 Å². The Labute approximate surface area is 165 Å². The SMILES string of the molecule is CCCCCCCCCCCCCCCCNc1cc(OC)nc(N)[n+]1[O-]. The molecule has 1 rings (SSSR count). The molecule has 1 aromatic rings. The van der Waals surface area contributed by atoms with Gasteiger partial charge in [0.2, 0.25) is 5.82 Å². The zero-order valence-corrected chi connectivity index (χ0v) is 17.5. The molecule has 0 aliphatic heterocycles. The van der Waals surface area contributed by atoms with Crippen LogP contribution in [0.4, 0.5) is 11.8 Å². The molecule has 0 saturated carbocycles. The number of nitrogens with zero attached hydrogens (tertiary/aromatic N) is 2. The van der Waals surface area contributed by atoms with E-state index in [1.165, 1.54) is 90.6 Å². The molecule has 1 heterocycles. The first-order valence-corrected chi connectivity index (χ1v) is 10.9. The van der Waals surface area contributed by atoms with Crippen LogP contribution in [0.5, 0.6) is 5.88 Å². The Kier molecular flexibility index (Phi) is 13.3. The lowest BCUT2D eigenvalue weighted by Crippen LogP contribution is -2.35. The van der Waals surface area contributed by atoms with Crippen molar-refractivity contribution in [3.8, 4) is 5.88 Å². The van der Waals surface area contributed by atoms with Gasteiger partial charge in [-0.15, -0.1) is 0 Å². The van der Waals surface area contributed by atoms with Gasteiger partial charge >= 0.3 is 5.95 Å². The minimum absolute atomic E-state index is 0.0993. The lowest BCUT2D eigenvalue weighted by Gasteiger charge is -2.13. The summed E-state index contributed by atoms with van der Waals surface area (Å²) in [6.07, 6.45) is 18.7. The second-order valence-electron chi connectivity index (χ2n) is 7.36. The fourth-order valence-electron chi connectivity index (χ4n) is 3.25. The molecular weight excluding hydrogens is 340 g/mol. The zero-order chi connectivity index (χ0) is 19.7. The van der Waals surface area contributed by atoms with Crippen molar-refractivity contribution in [2.45, 2.75) is 96.8 Å². The molecule has 0 aliphatic rings. The number of unbranched alkanes of at least 4 members (excludes halogenated alkanes) is 13. The van der Waals surface area contributed by atoms with Gasteiger partial charge in [-0.1, -0.05) is 95.4 Å². The molecular formula is C21H40N4O2. The molecule has 0 aromatic carbocycles. The van der Waals surface area contributed by atoms with Crippen LogP contribution in [-0.4, -0.2) is 18.6 Å². The van der Waals surface area contributed by atoms with Crippen LogP contribution in [0.1, 0.15) is 96.8 Å². The van der Waals surface area contributed by atoms with E-state index in [9.17, 15) is 5.21 Å². The first-order chi connectivity index (χ1) is 13.2. The minimum atomic E-state index is -0.0993. The number of nitrogens with two attached hydrogens (primary N) is 1. The van der Waals surface area contributed by atoms with Gasteiger partial charge in [0.25, 0.3) is 5.88 Å². The summed E-state index contributed by atoms with van der Waals surface area (Å²) in [6, 6.07) is 1.58. The number of methoxy groups -OCH3 is 1. The highest BCUT2D eigenvalue weighted by atomic mass is 16.5. The van der Waals surface area contributed by atoms with Crippen LogP contribution in [0.15, 0.2) is 6.07 Å². The van der Waals surface area contributed by atoms with Gasteiger partial charge in [-0.3, -0.25) is 0 Å². The Morgan fingerprint density at radius 1 is 0.926 bits per heavy atom. The first-order valence-electron chi connectivity index (χ1n) is 10.9. The van der Waals surface area contributed by atoms with Gasteiger partial charge in [-0.25, -0.2) is 4.73 Å². The number of ether oxygens (including phenoxy) is 1. The molecule has 0 fully saturated rings. The number of anilines is 2. The fraction of sp³-hybridized carbons (Fsp3) is 0.810. The minimum Gasteiger partial charge on any atom is -0.754 e. The molecule has 0 bridgehead atoms. The summed E-state index contributed by atoms with van der Waals surface area (Å²) in [4.78, 5) is 3.84. The van der Waals surface area contributed by atoms with E-state index >= 15 is 0 Å². The largest absolute Gasteiger partial charge is 0.754 e. The maximum absolute atomic E-state index is 11.8. The summed E-state index contributed by atoms with van der Waals surface area (Å²) in [7, 11) is 1.51. The quantitative estimate of drug-likeness (QED) is 0.220. The number of hydrogen-bond donors (Lipinski definition) is 2. The Hall–Kier alpha value is -1.72. The van der Waals surface area contributed by atoms with Gasteiger partial charge in [0.15, 0.2) is 0 Å². The monoisotopic (exact) mass is 380 g/mol. The Bertz CT molecular complexity index is 497. The Balaban J connectivity index is 1.93. The smallest absolute Gasteiger partial charge is 0.347 e. The Morgan fingerprint density at radius 3 is 1.89 bits per heavy atom. The average molecular weight is 381 g/mol. The van der Waals surface area contributed by atoms with Crippen molar-refractivity contribution in [1.29, 1.82) is 0 Å². The highest BCUT2D eigenvalue weighted by Gasteiger charge is 2.10. The molecule has 0 radical (unpaired) electrons. The number of nitrogens with one attached hydrogen (secondary N) is 1. The maximum atomic E-state index is 11.8. The van der Waals surface area contributed by atoms with Gasteiger partial charge in [-0.05, 0) is 6.42 Å². The number of aromatic nitrogens is 2. The molecule has 27 heavy (non-hydrogen) atoms. The van der Waals surface area contributed by atoms with E-state index in [1.54, 1.807) is 6.07 Å². The lowest BCUT2D eigenvalue weighted by molar-refractivity contribution is -0.577. The summed E-state index contributed by atoms with van der Waals surface area (Å²) in [5.41, 5.74) is 5.57. The first kappa shape index (κ1) is 23.3. The predicted molar refractivity (Wildman–Crippen MR) is 113 cm³/mol. The van der Waals surface area contributed by atoms with Crippen molar-refractivity contribution in [3.63, 3.8) is 0 Å². The highest BCUT2D eigenvalue weighted by Crippen LogP contribution is 2.14. The molecule has 1 aromatic heterocycles. The molecule has 6 heteroatoms. The second kappa shape index (κ2) is 15.3. The van der Waals surface area contributed by atoms with E-state index in [0.29, 0.717) is 16.4 Å². The highest BCUT2D eigenvalue weighted by molar-refractivity contribution is 5.36. The van der Waals surface area contributed by atoms with Gasteiger partial charge < -0.3 is 21.0 Å². The van der Waals surface area contributed by atoms with Crippen molar-refractivity contribution < 1.29 is 9.47 Å². The van der Waals surface area contributed by atoms with Crippen LogP contribution < -0.4 is 20.5 Å². The molecule has 0 atom stereocenters. The molecule has 3 N–H and O–H groups in total. The fourth-order valence-corrected chi connectivity index (χ4v) is 3.25. The maximum Gasteiger partial charge on any atom is 0.347 e. The predicted octanol–water partition coefficient (Wildman–Crippen LogP) is 5.20. The van der Waals surface area contributed by atoms with Crippen LogP contribution in [0.3, 0.4) is 0 Å². The molecule has 156 valence electrons. The molecule has 0 saturated heterocycles. The van der Waals surface area contributed by atoms with Crippen LogP contribution in [0.2, 0.25) is 0 Å². The standard InChI is InChI=1S/C21H40N4O2/c1-3-4-5-6-7-8-9-10-11-12-13-14-15-16-17-23-19-18-20(27-2)24-21(22)25(19)26/h18,23H,3-17H2,1-2H3,(H2,22,24). The number of hydrogen-bond acceptors (Lipinski definition) is 5. The third kappa shape index (κ3) is 10.9. The van der Waals surface area contributed by atoms with E-state index in [4.69, 9.17) is 10.5 Å². The third-order valence-electron chi connectivity index (χ3n) is 4.96. The summed E-state index contributed by atoms with van der Waals surface area (Å²) < 4.78 is 5.64. The van der Waals surface area contributed by atoms with Crippen LogP contribution in [0, 0.1) is 5.21 Å². The van der Waals surface area contributed by atoms with Gasteiger partial charge in [0.1, 0.15) is 0 Å². The van der Waals surface area contributed by atoms with E-state index in [0.717, 1.165) is 13.0 Å². The third-order valence-corrected chi connectivity index (χ3v) is 4.96. The number of rotatable bonds is 17. The lowest BCUT2D eigenvalue weighted by atomic mass is 10.0. The van der Waals surface area contributed by atoms with E-state index < -0.39 is 0 Å². The zero-order valence-electron chi connectivity index (χ0n) is 17.5. The van der Waals surface area contributed by atoms with Crippen LogP contribution >= 0.6 is 0 Å². The van der Waals surface area contributed by atoms with Crippen molar-refractivity contribution in [1.82, 2.24) is 4.98 Å². The molecule has 6 nitrogen and oxygen atoms in total. The van der Waals surface area contributed by atoms with E-state index in [1.807, 2.05) is 0 Å². The van der Waals surface area contributed by atoms with Gasteiger partial charge in [0, 0.05) is 6.54 Å². The van der Waals surface area contributed by atoms with Crippen LogP contribution in [0.25, 0.3) is 0 Å². The summed E-state index contributed by atoms with van der Waals surface area (Å²) in [6.45, 7) is 3.03. The van der Waals surface area contributed by atoms with Crippen molar-refractivity contribution in [3.05, 3.63) is 11.3 Å². The molecule has 0 amide bonds. The normalized spacial score (nSPS) is 10.9. The average Bonchev–Trinajstić information content (AvgIpc) is 2.67. The van der Waals surface area contributed by atoms with Crippen molar-refractivity contribution >= 4 is 11.8 Å². The molecule has 0 aliphatic carbocycles. The van der Waals surface area contributed by atoms with Crippen molar-refractivity contribution in [2.75, 3.05) is 24.7 Å². The second-order valence-corrected chi connectivity index (χ2v) is 7.36. The number of nitrogen functional groups attached to an aromatic ring is 1. The van der Waals surface area contributed by atoms with Crippen molar-refractivity contribution in [2.24, 2.45) is 0 Å². The Morgan fingerprint density at radius 2 is 1.41 bits per heavy atom. The summed E-state index contributed by atoms with van der Waals surface area (Å²) in [5, 5.41) is 14.9. The molecule has 0 spiro atoms. The molecule has 0 unspecified atom stereocenters. The summed E-state index contributed by atoms with van der Waals surface area (Å²) in [5.74, 6) is 0.648. The van der Waals surface area contributed by atoms with Gasteiger partial charge in [0.05, 0.1) is 13.2 Å².